The molecule has 0 saturated heterocycles. The van der Waals surface area contributed by atoms with E-state index in [0.717, 1.165) is 13.0 Å². The molecule has 0 aromatic carbocycles. The van der Waals surface area contributed by atoms with Crippen LogP contribution in [-0.4, -0.2) is 20.6 Å². The average molecular weight is 197 g/mol. The Morgan fingerprint density at radius 2 is 2.50 bits per heavy atom. The molecule has 5 nitrogen and oxygen atoms in total. The Bertz CT molecular complexity index is 309. The molecule has 5 heteroatoms. The zero-order valence-corrected chi connectivity index (χ0v) is 8.18. The molecule has 0 aliphatic rings. The third kappa shape index (κ3) is 2.76. The summed E-state index contributed by atoms with van der Waals surface area (Å²) in [6.07, 6.45) is 4.89. The maximum Gasteiger partial charge on any atom is 0.306 e. The minimum absolute atomic E-state index is 0.292. The summed E-state index contributed by atoms with van der Waals surface area (Å²) in [4.78, 5) is 14.4. The van der Waals surface area contributed by atoms with E-state index in [1.807, 2.05) is 4.57 Å². The molecule has 0 fully saturated rings. The van der Waals surface area contributed by atoms with Gasteiger partial charge in [0.25, 0.3) is 0 Å². The lowest BCUT2D eigenvalue weighted by molar-refractivity contribution is -0.141. The molecule has 0 saturated carbocycles. The van der Waals surface area contributed by atoms with Crippen LogP contribution in [0.1, 0.15) is 19.8 Å². The molecule has 0 unspecified atom stereocenters. The van der Waals surface area contributed by atoms with Crippen molar-refractivity contribution in [2.24, 2.45) is 5.92 Å². The molecule has 0 bridgehead atoms. The van der Waals surface area contributed by atoms with E-state index in [0.29, 0.717) is 12.4 Å². The fourth-order valence-electron chi connectivity index (χ4n) is 1.22. The SMILES string of the molecule is C[C@H](CCCn1ccnc1N)C(=O)O. The molecule has 0 aliphatic carbocycles. The third-order valence-corrected chi connectivity index (χ3v) is 2.21. The number of anilines is 1. The van der Waals surface area contributed by atoms with Crippen molar-refractivity contribution in [3.63, 3.8) is 0 Å². The topological polar surface area (TPSA) is 81.1 Å². The number of aromatic nitrogens is 2. The molecule has 1 heterocycles. The van der Waals surface area contributed by atoms with Crippen LogP contribution in [0.4, 0.5) is 5.95 Å². The van der Waals surface area contributed by atoms with Gasteiger partial charge in [0.1, 0.15) is 0 Å². The monoisotopic (exact) mass is 197 g/mol. The van der Waals surface area contributed by atoms with Crippen LogP contribution in [0.5, 0.6) is 0 Å². The van der Waals surface area contributed by atoms with Crippen molar-refractivity contribution >= 4 is 11.9 Å². The van der Waals surface area contributed by atoms with Gasteiger partial charge >= 0.3 is 5.97 Å². The Kier molecular flexibility index (Phi) is 3.50. The minimum atomic E-state index is -0.747. The number of carboxylic acids is 1. The molecule has 1 aromatic heterocycles. The van der Waals surface area contributed by atoms with E-state index in [-0.39, 0.29) is 5.92 Å². The number of carbonyl (C=O) groups is 1. The van der Waals surface area contributed by atoms with Crippen LogP contribution in [0.2, 0.25) is 0 Å². The summed E-state index contributed by atoms with van der Waals surface area (Å²) in [6.45, 7) is 2.43. The summed E-state index contributed by atoms with van der Waals surface area (Å²) < 4.78 is 1.81. The van der Waals surface area contributed by atoms with Crippen LogP contribution in [0.25, 0.3) is 0 Å². The van der Waals surface area contributed by atoms with Gasteiger partial charge in [-0.3, -0.25) is 4.79 Å². The van der Waals surface area contributed by atoms with Crippen molar-refractivity contribution in [1.82, 2.24) is 9.55 Å². The van der Waals surface area contributed by atoms with Gasteiger partial charge in [-0.15, -0.1) is 0 Å². The minimum Gasteiger partial charge on any atom is -0.481 e. The Morgan fingerprint density at radius 1 is 1.79 bits per heavy atom. The van der Waals surface area contributed by atoms with E-state index in [1.165, 1.54) is 0 Å². The number of hydrogen-bond donors (Lipinski definition) is 2. The summed E-state index contributed by atoms with van der Waals surface area (Å²) in [6, 6.07) is 0. The van der Waals surface area contributed by atoms with Gasteiger partial charge in [0.05, 0.1) is 5.92 Å². The number of nitrogens with two attached hydrogens (primary N) is 1. The lowest BCUT2D eigenvalue weighted by Crippen LogP contribution is -2.11. The predicted molar refractivity (Wildman–Crippen MR) is 52.7 cm³/mol. The second-order valence-corrected chi connectivity index (χ2v) is 3.36. The van der Waals surface area contributed by atoms with Crippen molar-refractivity contribution in [2.45, 2.75) is 26.3 Å². The maximum atomic E-state index is 10.5. The number of carboxylic acid groups (broad SMARTS) is 1. The van der Waals surface area contributed by atoms with Crippen molar-refractivity contribution in [3.05, 3.63) is 12.4 Å². The van der Waals surface area contributed by atoms with Crippen LogP contribution in [0.3, 0.4) is 0 Å². The fraction of sp³-hybridized carbons (Fsp3) is 0.556. The predicted octanol–water partition coefficient (Wildman–Crippen LogP) is 0.966. The highest BCUT2D eigenvalue weighted by Gasteiger charge is 2.09. The van der Waals surface area contributed by atoms with Gasteiger partial charge < -0.3 is 15.4 Å². The highest BCUT2D eigenvalue weighted by Crippen LogP contribution is 2.08. The van der Waals surface area contributed by atoms with Crippen LogP contribution < -0.4 is 5.73 Å². The standard InChI is InChI=1S/C9H15N3O2/c1-7(8(13)14)3-2-5-12-6-4-11-9(12)10/h4,6-7H,2-3,5H2,1H3,(H2,10,11)(H,13,14)/t7-/m1/s1. The highest BCUT2D eigenvalue weighted by molar-refractivity contribution is 5.69. The first-order valence-electron chi connectivity index (χ1n) is 4.60. The summed E-state index contributed by atoms with van der Waals surface area (Å²) in [5.74, 6) is -0.559. The first-order valence-corrected chi connectivity index (χ1v) is 4.60. The quantitative estimate of drug-likeness (QED) is 0.736. The Balaban J connectivity index is 2.29. The van der Waals surface area contributed by atoms with Gasteiger partial charge in [0.15, 0.2) is 5.95 Å². The zero-order chi connectivity index (χ0) is 10.6. The molecule has 0 spiro atoms. The number of nitrogen functional groups attached to an aromatic ring is 1. The van der Waals surface area contributed by atoms with E-state index >= 15 is 0 Å². The first kappa shape index (κ1) is 10.6. The van der Waals surface area contributed by atoms with Crippen LogP contribution in [0.15, 0.2) is 12.4 Å². The summed E-state index contributed by atoms with van der Waals surface area (Å²) in [5.41, 5.74) is 5.55. The van der Waals surface area contributed by atoms with E-state index in [1.54, 1.807) is 19.3 Å². The Labute approximate surface area is 82.6 Å². The van der Waals surface area contributed by atoms with Crippen LogP contribution in [0, 0.1) is 5.92 Å². The number of aliphatic carboxylic acids is 1. The molecule has 0 radical (unpaired) electrons. The van der Waals surface area contributed by atoms with Gasteiger partial charge in [0.2, 0.25) is 0 Å². The molecule has 78 valence electrons. The number of rotatable bonds is 5. The molecule has 3 N–H and O–H groups in total. The fourth-order valence-corrected chi connectivity index (χ4v) is 1.22. The van der Waals surface area contributed by atoms with Crippen LogP contribution in [-0.2, 0) is 11.3 Å². The second kappa shape index (κ2) is 4.64. The van der Waals surface area contributed by atoms with Gasteiger partial charge in [0, 0.05) is 18.9 Å². The van der Waals surface area contributed by atoms with Crippen molar-refractivity contribution in [2.75, 3.05) is 5.73 Å². The molecule has 14 heavy (non-hydrogen) atoms. The van der Waals surface area contributed by atoms with Crippen LogP contribution >= 0.6 is 0 Å². The molecular formula is C9H15N3O2. The molecule has 1 aromatic rings. The number of nitrogens with zero attached hydrogens (tertiary/aromatic N) is 2. The van der Waals surface area contributed by atoms with E-state index < -0.39 is 5.97 Å². The maximum absolute atomic E-state index is 10.5. The lowest BCUT2D eigenvalue weighted by Gasteiger charge is -2.07. The van der Waals surface area contributed by atoms with Gasteiger partial charge in [-0.25, -0.2) is 4.98 Å². The van der Waals surface area contributed by atoms with E-state index in [9.17, 15) is 4.79 Å². The first-order chi connectivity index (χ1) is 6.61. The summed E-state index contributed by atoms with van der Waals surface area (Å²) in [7, 11) is 0. The molecule has 0 amide bonds. The van der Waals surface area contributed by atoms with Crippen molar-refractivity contribution in [1.29, 1.82) is 0 Å². The van der Waals surface area contributed by atoms with Crippen molar-refractivity contribution in [3.8, 4) is 0 Å². The average Bonchev–Trinajstić information content (AvgIpc) is 2.51. The highest BCUT2D eigenvalue weighted by atomic mass is 16.4. The Morgan fingerprint density at radius 3 is 3.00 bits per heavy atom. The zero-order valence-electron chi connectivity index (χ0n) is 8.18. The lowest BCUT2D eigenvalue weighted by atomic mass is 10.1. The van der Waals surface area contributed by atoms with E-state index in [2.05, 4.69) is 4.98 Å². The number of aryl methyl sites for hydroxylation is 1. The van der Waals surface area contributed by atoms with Gasteiger partial charge in [-0.2, -0.15) is 0 Å². The largest absolute Gasteiger partial charge is 0.481 e. The van der Waals surface area contributed by atoms with E-state index in [4.69, 9.17) is 10.8 Å². The molecule has 1 rings (SSSR count). The smallest absolute Gasteiger partial charge is 0.306 e. The van der Waals surface area contributed by atoms with Crippen molar-refractivity contribution < 1.29 is 9.90 Å². The molecule has 0 aliphatic heterocycles. The van der Waals surface area contributed by atoms with Gasteiger partial charge in [-0.1, -0.05) is 6.92 Å². The second-order valence-electron chi connectivity index (χ2n) is 3.36. The Hall–Kier alpha value is -1.52. The third-order valence-electron chi connectivity index (χ3n) is 2.21. The molecule has 1 atom stereocenters. The number of imidazole rings is 1. The number of hydrogen-bond acceptors (Lipinski definition) is 3. The molecular weight excluding hydrogens is 182 g/mol. The van der Waals surface area contributed by atoms with Gasteiger partial charge in [-0.05, 0) is 12.8 Å². The summed E-state index contributed by atoms with van der Waals surface area (Å²) >= 11 is 0. The normalized spacial score (nSPS) is 12.6. The summed E-state index contributed by atoms with van der Waals surface area (Å²) in [5, 5.41) is 8.65.